The minimum atomic E-state index is -0.0626. The largest absolute Gasteiger partial charge is 0.208 e. The van der Waals surface area contributed by atoms with Gasteiger partial charge >= 0.3 is 0 Å². The highest BCUT2D eigenvalue weighted by Crippen LogP contribution is 2.53. The number of rotatable bonds is 4. The number of nitrogens with zero attached hydrogens (tertiary/aromatic N) is 3. The van der Waals surface area contributed by atoms with Crippen LogP contribution in [0.3, 0.4) is 0 Å². The second kappa shape index (κ2) is 12.9. The molecule has 59 heavy (non-hydrogen) atoms. The lowest BCUT2D eigenvalue weighted by atomic mass is 9.71. The summed E-state index contributed by atoms with van der Waals surface area (Å²) < 4.78 is 1.35. The average Bonchev–Trinajstić information content (AvgIpc) is 3.64. The Morgan fingerprint density at radius 3 is 2.08 bits per heavy atom. The number of hydrogen-bond acceptors (Lipinski definition) is 4. The molecule has 0 N–H and O–H groups in total. The molecule has 0 saturated carbocycles. The summed E-state index contributed by atoms with van der Waals surface area (Å²) in [6.07, 6.45) is 28.1. The van der Waals surface area contributed by atoms with E-state index in [1.54, 1.807) is 0 Å². The van der Waals surface area contributed by atoms with E-state index in [1.807, 2.05) is 29.5 Å². The standard InChI is InChI=1S/C55H39N3S/c1-54-26-12-10-19-38(54)30-37(25-28-54)53-57-51(34-15-4-3-5-16-34)56-52(58-53)36-18-14-17-35(29-36)44-32-45-42-23-7-6-21-40(42)41-22-8-9-24-43(41)48(45)50-49(44)46-31-39-20-11-13-27-55(39,2)33-47(46)59-50/h3-32,38H,33H2,1-2H3. The van der Waals surface area contributed by atoms with Crippen LogP contribution in [0.4, 0.5) is 0 Å². The predicted molar refractivity (Wildman–Crippen MR) is 249 cm³/mol. The molecule has 3 nitrogen and oxygen atoms in total. The van der Waals surface area contributed by atoms with E-state index < -0.39 is 0 Å². The lowest BCUT2D eigenvalue weighted by molar-refractivity contribution is 0.454. The molecule has 280 valence electrons. The minimum Gasteiger partial charge on any atom is -0.208 e. The quantitative estimate of drug-likeness (QED) is 0.167. The SMILES string of the molecule is CC12C=CC=CC1=Cc1c(sc3c1c(-c1cccc(-c4nc(C5=CC6C=CC=CC6(C)C=C5)nc(-c5ccccc5)n4)c1)cc1c4ccccc4c4ccccc4c13)C2. The highest BCUT2D eigenvalue weighted by Gasteiger charge is 2.34. The number of hydrogen-bond donors (Lipinski definition) is 0. The van der Waals surface area contributed by atoms with Crippen molar-refractivity contribution in [1.29, 1.82) is 0 Å². The molecule has 4 aliphatic carbocycles. The first-order valence-corrected chi connectivity index (χ1v) is 21.3. The van der Waals surface area contributed by atoms with Gasteiger partial charge < -0.3 is 0 Å². The van der Waals surface area contributed by atoms with E-state index in [0.717, 1.165) is 28.7 Å². The lowest BCUT2D eigenvalue weighted by Gasteiger charge is -2.33. The summed E-state index contributed by atoms with van der Waals surface area (Å²) in [6.45, 7) is 4.66. The summed E-state index contributed by atoms with van der Waals surface area (Å²) in [7, 11) is 0. The topological polar surface area (TPSA) is 38.7 Å². The van der Waals surface area contributed by atoms with Crippen molar-refractivity contribution in [3.05, 3.63) is 198 Å². The van der Waals surface area contributed by atoms with Crippen LogP contribution in [0.25, 0.3) is 88.0 Å². The van der Waals surface area contributed by atoms with Crippen LogP contribution in [-0.4, -0.2) is 15.0 Å². The first kappa shape index (κ1) is 34.3. The summed E-state index contributed by atoms with van der Waals surface area (Å²) in [4.78, 5) is 17.0. The van der Waals surface area contributed by atoms with Gasteiger partial charge in [0.2, 0.25) is 0 Å². The van der Waals surface area contributed by atoms with Gasteiger partial charge in [-0.2, -0.15) is 0 Å². The van der Waals surface area contributed by atoms with Gasteiger partial charge in [0, 0.05) is 53.8 Å². The minimum absolute atomic E-state index is 0.0221. The van der Waals surface area contributed by atoms with Crippen LogP contribution in [0.2, 0.25) is 0 Å². The normalized spacial score (nSPS) is 21.5. The third-order valence-electron chi connectivity index (χ3n) is 13.1. The maximum atomic E-state index is 5.24. The summed E-state index contributed by atoms with van der Waals surface area (Å²) >= 11 is 1.98. The van der Waals surface area contributed by atoms with E-state index in [1.165, 1.54) is 64.0 Å². The second-order valence-corrected chi connectivity index (χ2v) is 17.9. The van der Waals surface area contributed by atoms with Crippen molar-refractivity contribution in [2.45, 2.75) is 20.3 Å². The van der Waals surface area contributed by atoms with Crippen LogP contribution in [0.15, 0.2) is 182 Å². The van der Waals surface area contributed by atoms with Gasteiger partial charge in [0.15, 0.2) is 17.5 Å². The van der Waals surface area contributed by atoms with Gasteiger partial charge in [-0.3, -0.25) is 0 Å². The molecule has 0 amide bonds. The molecule has 2 heterocycles. The van der Waals surface area contributed by atoms with Crippen LogP contribution in [0, 0.1) is 16.7 Å². The van der Waals surface area contributed by atoms with Crippen molar-refractivity contribution >= 4 is 65.4 Å². The fourth-order valence-electron chi connectivity index (χ4n) is 9.81. The third-order valence-corrected chi connectivity index (χ3v) is 14.3. The van der Waals surface area contributed by atoms with Gasteiger partial charge in [-0.25, -0.2) is 15.0 Å². The number of fused-ring (bicyclic) bond motifs is 12. The molecular weight excluding hydrogens is 735 g/mol. The van der Waals surface area contributed by atoms with Crippen molar-refractivity contribution in [1.82, 2.24) is 15.0 Å². The highest BCUT2D eigenvalue weighted by molar-refractivity contribution is 7.20. The monoisotopic (exact) mass is 773 g/mol. The van der Waals surface area contributed by atoms with Gasteiger partial charge in [-0.15, -0.1) is 11.3 Å². The number of thiophene rings is 1. The molecule has 0 spiro atoms. The molecule has 0 bridgehead atoms. The molecule has 0 radical (unpaired) electrons. The van der Waals surface area contributed by atoms with Crippen LogP contribution in [-0.2, 0) is 6.42 Å². The fraction of sp³-hybridized carbons (Fsp3) is 0.109. The van der Waals surface area contributed by atoms with E-state index in [9.17, 15) is 0 Å². The zero-order valence-electron chi connectivity index (χ0n) is 32.9. The van der Waals surface area contributed by atoms with E-state index in [-0.39, 0.29) is 16.7 Å². The Labute approximate surface area is 347 Å². The maximum Gasteiger partial charge on any atom is 0.164 e. The van der Waals surface area contributed by atoms with Gasteiger partial charge in [0.1, 0.15) is 0 Å². The predicted octanol–water partition coefficient (Wildman–Crippen LogP) is 14.3. The van der Waals surface area contributed by atoms with Crippen molar-refractivity contribution < 1.29 is 0 Å². The van der Waals surface area contributed by atoms with Gasteiger partial charge in [0.05, 0.1) is 0 Å². The first-order chi connectivity index (χ1) is 28.9. The number of aromatic nitrogens is 3. The number of allylic oxidation sites excluding steroid dienone is 13. The average molecular weight is 774 g/mol. The Morgan fingerprint density at radius 2 is 1.25 bits per heavy atom. The first-order valence-electron chi connectivity index (χ1n) is 20.5. The Kier molecular flexibility index (Phi) is 7.49. The molecule has 4 aliphatic rings. The fourth-order valence-corrected chi connectivity index (χ4v) is 11.3. The van der Waals surface area contributed by atoms with Crippen LogP contribution in [0.1, 0.15) is 30.1 Å². The molecule has 3 atom stereocenters. The molecule has 0 aliphatic heterocycles. The third kappa shape index (κ3) is 5.36. The van der Waals surface area contributed by atoms with Crippen molar-refractivity contribution in [3.8, 4) is 33.9 Å². The molecular formula is C55H39N3S. The second-order valence-electron chi connectivity index (χ2n) is 16.8. The van der Waals surface area contributed by atoms with Crippen molar-refractivity contribution in [2.24, 2.45) is 16.7 Å². The van der Waals surface area contributed by atoms with Crippen molar-refractivity contribution in [3.63, 3.8) is 0 Å². The molecule has 4 heteroatoms. The summed E-state index contributed by atoms with van der Waals surface area (Å²) in [5, 5.41) is 9.11. The van der Waals surface area contributed by atoms with E-state index in [4.69, 9.17) is 15.0 Å². The Hall–Kier alpha value is -6.75. The van der Waals surface area contributed by atoms with Crippen LogP contribution < -0.4 is 0 Å². The molecule has 2 aromatic heterocycles. The molecule has 3 unspecified atom stereocenters. The molecule has 0 saturated heterocycles. The molecule has 12 rings (SSSR count). The van der Waals surface area contributed by atoms with Gasteiger partial charge in [0.25, 0.3) is 0 Å². The molecule has 8 aromatic rings. The van der Waals surface area contributed by atoms with E-state index >= 15 is 0 Å². The molecule has 0 fully saturated rings. The van der Waals surface area contributed by atoms with Gasteiger partial charge in [-0.1, -0.05) is 178 Å². The summed E-state index contributed by atoms with van der Waals surface area (Å²) in [5.41, 5.74) is 7.94. The molecule has 6 aromatic carbocycles. The Morgan fingerprint density at radius 1 is 0.576 bits per heavy atom. The van der Waals surface area contributed by atoms with E-state index in [2.05, 4.69) is 178 Å². The smallest absolute Gasteiger partial charge is 0.164 e. The Bertz CT molecular complexity index is 3340. The highest BCUT2D eigenvalue weighted by atomic mass is 32.1. The Balaban J connectivity index is 1.10. The lowest BCUT2D eigenvalue weighted by Crippen LogP contribution is -2.24. The maximum absolute atomic E-state index is 5.24. The van der Waals surface area contributed by atoms with Crippen LogP contribution in [0.5, 0.6) is 0 Å². The zero-order valence-corrected chi connectivity index (χ0v) is 33.7. The summed E-state index contributed by atoms with van der Waals surface area (Å²) in [5.74, 6) is 2.24. The van der Waals surface area contributed by atoms with Crippen LogP contribution >= 0.6 is 11.3 Å². The zero-order chi connectivity index (χ0) is 39.3. The van der Waals surface area contributed by atoms with E-state index in [0.29, 0.717) is 17.5 Å². The number of benzene rings is 6. The van der Waals surface area contributed by atoms with Crippen molar-refractivity contribution in [2.75, 3.05) is 0 Å². The summed E-state index contributed by atoms with van der Waals surface area (Å²) in [6, 6.07) is 39.5. The van der Waals surface area contributed by atoms with Gasteiger partial charge in [-0.05, 0) is 73.8 Å².